The van der Waals surface area contributed by atoms with Gasteiger partial charge in [-0.2, -0.15) is 0 Å². The molecule has 8 heteroatoms. The number of benzene rings is 1. The molecule has 0 N–H and O–H groups in total. The molecule has 16 heavy (non-hydrogen) atoms. The van der Waals surface area contributed by atoms with Crippen LogP contribution in [0.1, 0.15) is 11.1 Å². The van der Waals surface area contributed by atoms with Crippen LogP contribution >= 0.6 is 69.6 Å². The molecular weight excluding hydrogens is 390 g/mol. The minimum Gasteiger partial charge on any atom is -2.00 e. The first-order valence-corrected chi connectivity index (χ1v) is 5.72. The first-order chi connectivity index (χ1) is 6.21. The van der Waals surface area contributed by atoms with Crippen molar-refractivity contribution in [2.45, 2.75) is 7.59 Å². The summed E-state index contributed by atoms with van der Waals surface area (Å²) in [5.41, 5.74) is 1.06. The molecular formula is C8H4Cl6OZn. The van der Waals surface area contributed by atoms with Crippen molar-refractivity contribution in [2.24, 2.45) is 0 Å². The second kappa shape index (κ2) is 7.21. The van der Waals surface area contributed by atoms with Gasteiger partial charge in [0.05, 0.1) is 0 Å². The van der Waals surface area contributed by atoms with Crippen LogP contribution in [0.25, 0.3) is 0 Å². The Morgan fingerprint density at radius 2 is 0.812 bits per heavy atom. The predicted octanol–water partition coefficient (Wildman–Crippen LogP) is 5.22. The van der Waals surface area contributed by atoms with Crippen molar-refractivity contribution in [2.75, 3.05) is 0 Å². The molecule has 0 saturated heterocycles. The van der Waals surface area contributed by atoms with Crippen LogP contribution in [0.2, 0.25) is 0 Å². The van der Waals surface area contributed by atoms with E-state index in [9.17, 15) is 0 Å². The number of hydrogen-bond acceptors (Lipinski definition) is 0. The summed E-state index contributed by atoms with van der Waals surface area (Å²) >= 11 is 33.9. The van der Waals surface area contributed by atoms with E-state index >= 15 is 0 Å². The average Bonchev–Trinajstić information content (AvgIpc) is 2.01. The molecule has 1 nitrogen and oxygen atoms in total. The zero-order chi connectivity index (χ0) is 11.0. The van der Waals surface area contributed by atoms with Crippen LogP contribution < -0.4 is 0 Å². The maximum Gasteiger partial charge on any atom is 2.00 e. The molecule has 0 aliphatic rings. The Morgan fingerprint density at radius 1 is 0.625 bits per heavy atom. The van der Waals surface area contributed by atoms with Gasteiger partial charge >= 0.3 is 19.5 Å². The summed E-state index contributed by atoms with van der Waals surface area (Å²) in [6.07, 6.45) is 0. The van der Waals surface area contributed by atoms with Crippen LogP contribution in [0, 0.1) is 0 Å². The Kier molecular flexibility index (Phi) is 8.96. The van der Waals surface area contributed by atoms with Gasteiger partial charge in [0.2, 0.25) is 7.59 Å². The Labute approximate surface area is 136 Å². The first kappa shape index (κ1) is 19.9. The zero-order valence-electron chi connectivity index (χ0n) is 7.69. The van der Waals surface area contributed by atoms with Gasteiger partial charge in [-0.15, -0.1) is 0 Å². The maximum absolute atomic E-state index is 5.66. The van der Waals surface area contributed by atoms with Crippen molar-refractivity contribution in [3.63, 3.8) is 0 Å². The number of hydrogen-bond donors (Lipinski definition) is 0. The SMILES string of the molecule is ClC(Cl)(Cl)c1ccc(C(Cl)(Cl)Cl)cc1.[O-2].[Zn+2]. The molecule has 0 aromatic heterocycles. The van der Waals surface area contributed by atoms with Crippen LogP contribution in [0.15, 0.2) is 24.3 Å². The molecule has 0 heterocycles. The van der Waals surface area contributed by atoms with E-state index in [1.165, 1.54) is 0 Å². The van der Waals surface area contributed by atoms with E-state index in [4.69, 9.17) is 69.6 Å². The van der Waals surface area contributed by atoms with Gasteiger partial charge in [-0.3, -0.25) is 0 Å². The molecule has 0 aliphatic carbocycles. The molecule has 0 radical (unpaired) electrons. The third kappa shape index (κ3) is 5.93. The summed E-state index contributed by atoms with van der Waals surface area (Å²) in [7, 11) is 0. The van der Waals surface area contributed by atoms with E-state index in [0.29, 0.717) is 11.1 Å². The molecule has 0 unspecified atom stereocenters. The summed E-state index contributed by atoms with van der Waals surface area (Å²) in [5.74, 6) is 0. The fraction of sp³-hybridized carbons (Fsp3) is 0.250. The standard InChI is InChI=1S/C8H4Cl6.O.Zn/c9-7(10,11)5-1-2-6(4-3-5)8(12,13)14;;/h1-4H;;/q;-2;+2. The molecule has 0 fully saturated rings. The van der Waals surface area contributed by atoms with E-state index in [0.717, 1.165) is 0 Å². The van der Waals surface area contributed by atoms with E-state index < -0.39 is 7.59 Å². The summed E-state index contributed by atoms with van der Waals surface area (Å²) in [6.45, 7) is 0. The molecule has 1 aromatic rings. The number of rotatable bonds is 0. The summed E-state index contributed by atoms with van der Waals surface area (Å²) in [4.78, 5) is 0. The summed E-state index contributed by atoms with van der Waals surface area (Å²) < 4.78 is -2.90. The van der Waals surface area contributed by atoms with E-state index in [-0.39, 0.29) is 25.0 Å². The number of halogens is 6. The zero-order valence-corrected chi connectivity index (χ0v) is 15.2. The van der Waals surface area contributed by atoms with Gasteiger partial charge in [0.1, 0.15) is 0 Å². The van der Waals surface area contributed by atoms with Crippen LogP contribution in [-0.4, -0.2) is 0 Å². The van der Waals surface area contributed by atoms with Crippen LogP contribution in [0.5, 0.6) is 0 Å². The van der Waals surface area contributed by atoms with Gasteiger partial charge in [-0.1, -0.05) is 93.9 Å². The van der Waals surface area contributed by atoms with Crippen LogP contribution in [0.4, 0.5) is 0 Å². The second-order valence-electron chi connectivity index (χ2n) is 2.57. The molecule has 0 atom stereocenters. The normalized spacial score (nSPS) is 11.4. The summed E-state index contributed by atoms with van der Waals surface area (Å²) in [5, 5.41) is 0. The first-order valence-electron chi connectivity index (χ1n) is 3.46. The molecule has 86 valence electrons. The molecule has 1 rings (SSSR count). The molecule has 0 bridgehead atoms. The van der Waals surface area contributed by atoms with Gasteiger partial charge < -0.3 is 5.48 Å². The Balaban J connectivity index is 0. The molecule has 0 aliphatic heterocycles. The van der Waals surface area contributed by atoms with Crippen molar-refractivity contribution in [1.82, 2.24) is 0 Å². The van der Waals surface area contributed by atoms with E-state index in [1.807, 2.05) is 0 Å². The minimum absolute atomic E-state index is 0. The summed E-state index contributed by atoms with van der Waals surface area (Å²) in [6, 6.07) is 6.41. The van der Waals surface area contributed by atoms with Gasteiger partial charge in [-0.05, 0) is 0 Å². The third-order valence-corrected chi connectivity index (χ3v) is 2.85. The molecule has 0 spiro atoms. The fourth-order valence-corrected chi connectivity index (χ4v) is 1.60. The monoisotopic (exact) mass is 390 g/mol. The Bertz CT molecular complexity index is 282. The molecule has 0 amide bonds. The maximum atomic E-state index is 5.66. The van der Waals surface area contributed by atoms with Crippen LogP contribution in [-0.2, 0) is 32.5 Å². The van der Waals surface area contributed by atoms with Crippen LogP contribution in [0.3, 0.4) is 0 Å². The van der Waals surface area contributed by atoms with Crippen molar-refractivity contribution < 1.29 is 25.0 Å². The molecule has 1 aromatic carbocycles. The van der Waals surface area contributed by atoms with Gasteiger partial charge in [0.25, 0.3) is 0 Å². The smallest absolute Gasteiger partial charge is 2.00 e. The average molecular weight is 394 g/mol. The van der Waals surface area contributed by atoms with Gasteiger partial charge in [0, 0.05) is 11.1 Å². The largest absolute Gasteiger partial charge is 2.00 e. The van der Waals surface area contributed by atoms with Crippen molar-refractivity contribution in [3.05, 3.63) is 35.4 Å². The Morgan fingerprint density at radius 3 is 0.938 bits per heavy atom. The third-order valence-electron chi connectivity index (χ3n) is 1.54. The molecule has 0 saturated carbocycles. The topological polar surface area (TPSA) is 28.5 Å². The Hall–Kier alpha value is 1.54. The minimum atomic E-state index is -1.45. The van der Waals surface area contributed by atoms with Crippen molar-refractivity contribution in [3.8, 4) is 0 Å². The predicted molar refractivity (Wildman–Crippen MR) is 65.6 cm³/mol. The number of alkyl halides is 6. The van der Waals surface area contributed by atoms with Gasteiger partial charge in [-0.25, -0.2) is 0 Å². The van der Waals surface area contributed by atoms with Crippen molar-refractivity contribution >= 4 is 69.6 Å². The van der Waals surface area contributed by atoms with E-state index in [1.54, 1.807) is 24.3 Å². The van der Waals surface area contributed by atoms with Gasteiger partial charge in [0.15, 0.2) is 0 Å². The van der Waals surface area contributed by atoms with E-state index in [2.05, 4.69) is 0 Å². The second-order valence-corrected chi connectivity index (χ2v) is 7.14. The quantitative estimate of drug-likeness (QED) is 0.427. The fourth-order valence-electron chi connectivity index (χ4n) is 0.848. The van der Waals surface area contributed by atoms with Crippen molar-refractivity contribution in [1.29, 1.82) is 0 Å².